The van der Waals surface area contributed by atoms with Crippen LogP contribution in [0.3, 0.4) is 0 Å². The van der Waals surface area contributed by atoms with Gasteiger partial charge in [0.05, 0.1) is 20.0 Å². The van der Waals surface area contributed by atoms with E-state index in [9.17, 15) is 0 Å². The van der Waals surface area contributed by atoms with E-state index in [2.05, 4.69) is 25.9 Å². The zero-order valence-corrected chi connectivity index (χ0v) is 21.0. The normalized spacial score (nSPS) is 12.3. The van der Waals surface area contributed by atoms with E-state index in [1.54, 1.807) is 13.4 Å². The molecular weight excluding hydrogens is 522 g/mol. The van der Waals surface area contributed by atoms with Crippen molar-refractivity contribution in [3.63, 3.8) is 0 Å². The Bertz CT molecular complexity index is 1310. The highest BCUT2D eigenvalue weighted by atomic mass is 79.9. The number of nitrogens with zero attached hydrogens (tertiary/aromatic N) is 4. The van der Waals surface area contributed by atoms with Gasteiger partial charge in [0.25, 0.3) is 0 Å². The van der Waals surface area contributed by atoms with Gasteiger partial charge in [0.15, 0.2) is 45.5 Å². The van der Waals surface area contributed by atoms with Crippen molar-refractivity contribution in [2.75, 3.05) is 26.2 Å². The third-order valence-corrected chi connectivity index (χ3v) is 7.11. The van der Waals surface area contributed by atoms with Crippen LogP contribution in [0, 0.1) is 0 Å². The number of ether oxygens (including phenoxy) is 4. The predicted molar refractivity (Wildman–Crippen MR) is 131 cm³/mol. The van der Waals surface area contributed by atoms with Crippen LogP contribution in [-0.2, 0) is 13.0 Å². The van der Waals surface area contributed by atoms with Crippen molar-refractivity contribution in [1.29, 1.82) is 0 Å². The highest BCUT2D eigenvalue weighted by molar-refractivity contribution is 9.10. The van der Waals surface area contributed by atoms with Crippen LogP contribution in [0.2, 0.25) is 0 Å². The molecule has 34 heavy (non-hydrogen) atoms. The molecule has 2 aromatic carbocycles. The Balaban J connectivity index is 1.39. The molecule has 176 valence electrons. The first-order valence-electron chi connectivity index (χ1n) is 10.6. The molecule has 5 rings (SSSR count). The molecule has 0 spiro atoms. The van der Waals surface area contributed by atoms with E-state index >= 15 is 0 Å². The van der Waals surface area contributed by atoms with Gasteiger partial charge in [0, 0.05) is 15.9 Å². The summed E-state index contributed by atoms with van der Waals surface area (Å²) in [5, 5.41) is 0.575. The summed E-state index contributed by atoms with van der Waals surface area (Å²) in [6.07, 6.45) is 2.45. The first-order chi connectivity index (χ1) is 16.6. The number of benzene rings is 2. The Kier molecular flexibility index (Phi) is 6.38. The molecule has 0 radical (unpaired) electrons. The van der Waals surface area contributed by atoms with Crippen molar-refractivity contribution in [2.24, 2.45) is 0 Å². The van der Waals surface area contributed by atoms with E-state index in [1.165, 1.54) is 11.8 Å². The fraction of sp³-hybridized carbons (Fsp3) is 0.261. The largest absolute Gasteiger partial charge is 0.493 e. The van der Waals surface area contributed by atoms with Gasteiger partial charge in [0.2, 0.25) is 6.79 Å². The number of nitrogens with two attached hydrogens (primary N) is 1. The molecule has 0 saturated carbocycles. The van der Waals surface area contributed by atoms with E-state index in [0.717, 1.165) is 27.1 Å². The van der Waals surface area contributed by atoms with E-state index in [1.807, 2.05) is 41.8 Å². The van der Waals surface area contributed by atoms with Crippen molar-refractivity contribution in [2.45, 2.75) is 29.9 Å². The minimum absolute atomic E-state index is 0.217. The Morgan fingerprint density at radius 1 is 1.15 bits per heavy atom. The van der Waals surface area contributed by atoms with Crippen LogP contribution in [0.15, 0.2) is 51.2 Å². The van der Waals surface area contributed by atoms with Crippen LogP contribution in [0.4, 0.5) is 5.82 Å². The number of anilines is 1. The van der Waals surface area contributed by atoms with Gasteiger partial charge in [0.1, 0.15) is 0 Å². The maximum Gasteiger partial charge on any atom is 0.231 e. The van der Waals surface area contributed by atoms with Crippen LogP contribution in [0.5, 0.6) is 23.0 Å². The number of halogens is 1. The lowest BCUT2D eigenvalue weighted by atomic mass is 10.1. The molecule has 2 N–H and O–H groups in total. The second-order valence-electron chi connectivity index (χ2n) is 7.41. The number of methoxy groups -OCH3 is 1. The van der Waals surface area contributed by atoms with Gasteiger partial charge in [-0.05, 0) is 70.9 Å². The van der Waals surface area contributed by atoms with E-state index in [4.69, 9.17) is 29.7 Å². The maximum absolute atomic E-state index is 6.12. The lowest BCUT2D eigenvalue weighted by Gasteiger charge is -2.13. The second-order valence-corrected chi connectivity index (χ2v) is 9.27. The summed E-state index contributed by atoms with van der Waals surface area (Å²) < 4.78 is 24.8. The maximum atomic E-state index is 6.12. The molecule has 0 aromatic heterocycles. The van der Waals surface area contributed by atoms with E-state index < -0.39 is 0 Å². The van der Waals surface area contributed by atoms with Gasteiger partial charge in [-0.1, -0.05) is 6.07 Å². The molecule has 0 bridgehead atoms. The van der Waals surface area contributed by atoms with Crippen LogP contribution in [0.25, 0.3) is 11.5 Å². The first-order valence-corrected chi connectivity index (χ1v) is 12.2. The summed E-state index contributed by atoms with van der Waals surface area (Å²) in [4.78, 5) is 14.6. The number of aromatic nitrogens is 4. The summed E-state index contributed by atoms with van der Waals surface area (Å²) in [5.41, 5.74) is 7.80. The summed E-state index contributed by atoms with van der Waals surface area (Å²) in [6.45, 7) is 3.39. The summed E-state index contributed by atoms with van der Waals surface area (Å²) in [7, 11) is 1.63. The fourth-order valence-corrected chi connectivity index (χ4v) is 4.97. The lowest BCUT2D eigenvalue weighted by molar-refractivity contribution is 0.174. The molecule has 3 heterocycles. The molecule has 0 fully saturated rings. The average molecular weight is 544 g/mol. The number of hydrogen-bond donors (Lipinski definition) is 1. The molecular formula is C23H22BrN5O4S. The number of aryl methyl sites for hydroxylation is 2. The standard InChI is InChI=1S/C23H22BrN5O4S/c1-3-31-16-8-13(4-5-15(16)30-2)6-7-29-11-26-21(25)20-22(29)28-23(27-20)34-19-10-18-17(9-14(19)24)32-12-33-18/h4-5,8-11H,3,6-7,12,25H2,1-2H3. The van der Waals surface area contributed by atoms with Crippen LogP contribution < -0.4 is 24.7 Å². The van der Waals surface area contributed by atoms with Gasteiger partial charge < -0.3 is 29.2 Å². The number of rotatable bonds is 8. The minimum Gasteiger partial charge on any atom is -0.493 e. The number of fused-ring (bicyclic) bond motifs is 2. The topological polar surface area (TPSA) is 107 Å². The molecule has 0 saturated heterocycles. The number of hydrogen-bond acceptors (Lipinski definition) is 9. The van der Waals surface area contributed by atoms with E-state index in [-0.39, 0.29) is 6.79 Å². The lowest BCUT2D eigenvalue weighted by Crippen LogP contribution is -2.10. The molecule has 11 heteroatoms. The molecule has 2 aromatic rings. The SMILES string of the molecule is CCOc1cc(CCn2cnc(N)c3nc(Sc4cc5c(cc4Br)OCO5)nc2-3)ccc1OC. The van der Waals surface area contributed by atoms with Gasteiger partial charge in [-0.15, -0.1) is 0 Å². The summed E-state index contributed by atoms with van der Waals surface area (Å²) in [6, 6.07) is 9.74. The van der Waals surface area contributed by atoms with Crippen LogP contribution in [-0.4, -0.2) is 40.0 Å². The van der Waals surface area contributed by atoms with Gasteiger partial charge in [-0.25, -0.2) is 15.0 Å². The van der Waals surface area contributed by atoms with Crippen molar-refractivity contribution >= 4 is 33.5 Å². The molecule has 3 aliphatic rings. The average Bonchev–Trinajstić information content (AvgIpc) is 3.46. The Labute approximate surface area is 209 Å². The quantitative estimate of drug-likeness (QED) is 0.339. The summed E-state index contributed by atoms with van der Waals surface area (Å²) in [5.74, 6) is 3.89. The smallest absolute Gasteiger partial charge is 0.231 e. The highest BCUT2D eigenvalue weighted by Crippen LogP contribution is 2.43. The third kappa shape index (κ3) is 4.45. The molecule has 0 amide bonds. The van der Waals surface area contributed by atoms with Crippen molar-refractivity contribution in [3.8, 4) is 34.5 Å². The zero-order valence-electron chi connectivity index (χ0n) is 18.6. The molecule has 0 aliphatic carbocycles. The Morgan fingerprint density at radius 3 is 2.76 bits per heavy atom. The van der Waals surface area contributed by atoms with E-state index in [0.29, 0.717) is 52.9 Å². The van der Waals surface area contributed by atoms with Crippen LogP contribution >= 0.6 is 27.7 Å². The molecule has 9 nitrogen and oxygen atoms in total. The summed E-state index contributed by atoms with van der Waals surface area (Å²) >= 11 is 5.00. The molecule has 0 unspecified atom stereocenters. The number of nitrogen functional groups attached to an aromatic ring is 1. The van der Waals surface area contributed by atoms with Crippen molar-refractivity contribution in [3.05, 3.63) is 46.7 Å². The van der Waals surface area contributed by atoms with Crippen molar-refractivity contribution < 1.29 is 18.9 Å². The number of imidazole rings is 1. The molecule has 3 aliphatic heterocycles. The Morgan fingerprint density at radius 2 is 1.97 bits per heavy atom. The first kappa shape index (κ1) is 22.6. The van der Waals surface area contributed by atoms with Gasteiger partial charge in [-0.3, -0.25) is 0 Å². The Hall–Kier alpha value is -3.18. The van der Waals surface area contributed by atoms with Crippen LogP contribution in [0.1, 0.15) is 12.5 Å². The van der Waals surface area contributed by atoms with Gasteiger partial charge >= 0.3 is 0 Å². The monoisotopic (exact) mass is 543 g/mol. The highest BCUT2D eigenvalue weighted by Gasteiger charge is 2.22. The predicted octanol–water partition coefficient (Wildman–Crippen LogP) is 4.65. The zero-order chi connectivity index (χ0) is 23.7. The second kappa shape index (κ2) is 9.59. The van der Waals surface area contributed by atoms with Gasteiger partial charge in [-0.2, -0.15) is 0 Å². The minimum atomic E-state index is 0.217. The molecule has 0 atom stereocenters. The van der Waals surface area contributed by atoms with Crippen molar-refractivity contribution in [1.82, 2.24) is 19.5 Å². The fourth-order valence-electron chi connectivity index (χ4n) is 3.61. The third-order valence-electron chi connectivity index (χ3n) is 5.27.